The fourth-order valence-corrected chi connectivity index (χ4v) is 4.88. The number of hydrogen-bond acceptors (Lipinski definition) is 3. The number of ether oxygens (including phenoxy) is 2. The van der Waals surface area contributed by atoms with Gasteiger partial charge < -0.3 is 14.4 Å². The summed E-state index contributed by atoms with van der Waals surface area (Å²) in [7, 11) is 0. The van der Waals surface area contributed by atoms with Crippen LogP contribution in [0.3, 0.4) is 0 Å². The standard InChI is InChI=1S/C8H16.C7H12O.C7H14.C6H11NO.C6H12O.CH4/c1-7(2)8(3)5-4-6-8;1-5(2)7-4-6(3)8-7;1-6(2)7-4-3-5-7;1-5(2)7-4-3-6(7)8;1-5(2)6-3-4-7-6;/h7H,4-6H2,1-3H3;5,7H,3-4H2,1-2H3;6-7H,3-5H2,1-2H3;5H,3-4H2,1-2H3;5-6H,3-4H2,1-2H3;1H4. The van der Waals surface area contributed by atoms with Gasteiger partial charge in [0.2, 0.25) is 5.91 Å². The lowest BCUT2D eigenvalue weighted by atomic mass is 9.64. The van der Waals surface area contributed by atoms with Crippen molar-refractivity contribution in [1.29, 1.82) is 0 Å². The van der Waals surface area contributed by atoms with Crippen LogP contribution in [0.5, 0.6) is 0 Å². The molecular weight excluding hydrogens is 482 g/mol. The molecule has 232 valence electrons. The zero-order valence-corrected chi connectivity index (χ0v) is 27.3. The van der Waals surface area contributed by atoms with Crippen molar-refractivity contribution in [2.24, 2.45) is 35.0 Å². The Morgan fingerprint density at radius 3 is 1.38 bits per heavy atom. The first-order valence-electron chi connectivity index (χ1n) is 15.9. The van der Waals surface area contributed by atoms with Gasteiger partial charge in [0.1, 0.15) is 6.10 Å². The first kappa shape index (κ1) is 38.0. The molecule has 2 atom stereocenters. The lowest BCUT2D eigenvalue weighted by molar-refractivity contribution is -0.141. The summed E-state index contributed by atoms with van der Waals surface area (Å²) in [6, 6.07) is 0.413. The molecule has 0 aromatic rings. The van der Waals surface area contributed by atoms with Gasteiger partial charge in [-0.1, -0.05) is 102 Å². The monoisotopic (exact) mass is 552 g/mol. The number of hydrogen-bond donors (Lipinski definition) is 0. The maximum atomic E-state index is 10.6. The number of amides is 1. The summed E-state index contributed by atoms with van der Waals surface area (Å²) in [5.74, 6) is 5.57. The summed E-state index contributed by atoms with van der Waals surface area (Å²) in [6.45, 7) is 30.1. The molecule has 1 amide bonds. The highest BCUT2D eigenvalue weighted by molar-refractivity contribution is 5.81. The largest absolute Gasteiger partial charge is 0.495 e. The molecule has 2 unspecified atom stereocenters. The van der Waals surface area contributed by atoms with Crippen molar-refractivity contribution in [3.63, 3.8) is 0 Å². The second-order valence-corrected chi connectivity index (χ2v) is 14.1. The van der Waals surface area contributed by atoms with E-state index >= 15 is 0 Å². The van der Waals surface area contributed by atoms with Crippen LogP contribution in [0.4, 0.5) is 0 Å². The summed E-state index contributed by atoms with van der Waals surface area (Å²) in [4.78, 5) is 12.5. The molecule has 5 rings (SSSR count). The van der Waals surface area contributed by atoms with Gasteiger partial charge in [-0.2, -0.15) is 0 Å². The van der Waals surface area contributed by atoms with Gasteiger partial charge in [0.15, 0.2) is 0 Å². The van der Waals surface area contributed by atoms with E-state index in [-0.39, 0.29) is 7.43 Å². The van der Waals surface area contributed by atoms with E-state index in [4.69, 9.17) is 9.47 Å². The molecule has 0 spiro atoms. The summed E-state index contributed by atoms with van der Waals surface area (Å²) < 4.78 is 10.4. The normalized spacial score (nSPS) is 24.4. The Balaban J connectivity index is 0.000000460. The maximum Gasteiger partial charge on any atom is 0.224 e. The van der Waals surface area contributed by atoms with Crippen LogP contribution in [0.2, 0.25) is 0 Å². The van der Waals surface area contributed by atoms with Crippen molar-refractivity contribution in [3.8, 4) is 0 Å². The van der Waals surface area contributed by atoms with Crippen LogP contribution in [0.15, 0.2) is 12.3 Å². The molecule has 3 aliphatic heterocycles. The van der Waals surface area contributed by atoms with E-state index < -0.39 is 0 Å². The third-order valence-electron chi connectivity index (χ3n) is 9.46. The van der Waals surface area contributed by atoms with Crippen molar-refractivity contribution in [2.45, 2.75) is 160 Å². The van der Waals surface area contributed by atoms with E-state index in [1.54, 1.807) is 0 Å². The molecule has 2 aliphatic carbocycles. The molecule has 5 aliphatic rings. The fraction of sp³-hybridized carbons (Fsp3) is 0.914. The minimum atomic E-state index is 0. The zero-order chi connectivity index (χ0) is 29.0. The number of likely N-dealkylation sites (tertiary alicyclic amines) is 1. The van der Waals surface area contributed by atoms with Crippen LogP contribution in [0.25, 0.3) is 0 Å². The van der Waals surface area contributed by atoms with E-state index in [2.05, 4.69) is 68.9 Å². The molecule has 39 heavy (non-hydrogen) atoms. The smallest absolute Gasteiger partial charge is 0.224 e. The van der Waals surface area contributed by atoms with E-state index in [0.717, 1.165) is 60.8 Å². The topological polar surface area (TPSA) is 38.8 Å². The van der Waals surface area contributed by atoms with Gasteiger partial charge in [-0.3, -0.25) is 4.79 Å². The number of carbonyl (C=O) groups excluding carboxylic acids is 1. The molecule has 0 bridgehead atoms. The van der Waals surface area contributed by atoms with Crippen molar-refractivity contribution >= 4 is 5.91 Å². The van der Waals surface area contributed by atoms with Crippen LogP contribution in [0, 0.1) is 35.0 Å². The molecule has 0 N–H and O–H groups in total. The van der Waals surface area contributed by atoms with Crippen LogP contribution in [0.1, 0.15) is 141 Å². The fourth-order valence-electron chi connectivity index (χ4n) is 4.88. The first-order valence-corrected chi connectivity index (χ1v) is 15.9. The molecular formula is C35H69NO3. The van der Waals surface area contributed by atoms with E-state index in [0.29, 0.717) is 30.1 Å². The van der Waals surface area contributed by atoms with Gasteiger partial charge >= 0.3 is 0 Å². The molecule has 3 heterocycles. The Hall–Kier alpha value is -1.03. The molecule has 0 aromatic carbocycles. The molecule has 5 fully saturated rings. The van der Waals surface area contributed by atoms with Crippen LogP contribution >= 0.6 is 0 Å². The molecule has 4 heteroatoms. The zero-order valence-electron chi connectivity index (χ0n) is 27.3. The minimum Gasteiger partial charge on any atom is -0.495 e. The van der Waals surface area contributed by atoms with E-state index in [9.17, 15) is 4.79 Å². The van der Waals surface area contributed by atoms with Crippen molar-refractivity contribution in [2.75, 3.05) is 13.2 Å². The SMILES string of the molecule is C.C=C1CC(C(C)C)O1.CC(C)C1(C)CCC1.CC(C)C1CCC1.CC(C)C1CCO1.CC(C)N1CCC1=O. The predicted octanol–water partition coefficient (Wildman–Crippen LogP) is 9.91. The van der Waals surface area contributed by atoms with Gasteiger partial charge in [0.25, 0.3) is 0 Å². The average molecular weight is 552 g/mol. The number of rotatable bonds is 5. The molecule has 3 saturated heterocycles. The van der Waals surface area contributed by atoms with Crippen LogP contribution in [-0.4, -0.2) is 42.2 Å². The second kappa shape index (κ2) is 18.4. The molecule has 0 radical (unpaired) electrons. The van der Waals surface area contributed by atoms with Gasteiger partial charge in [-0.15, -0.1) is 0 Å². The van der Waals surface area contributed by atoms with Crippen LogP contribution in [-0.2, 0) is 14.3 Å². The predicted molar refractivity (Wildman–Crippen MR) is 170 cm³/mol. The minimum absolute atomic E-state index is 0. The summed E-state index contributed by atoms with van der Waals surface area (Å²) in [5, 5.41) is 0. The van der Waals surface area contributed by atoms with Crippen molar-refractivity contribution in [1.82, 2.24) is 4.90 Å². The van der Waals surface area contributed by atoms with Crippen LogP contribution < -0.4 is 0 Å². The quantitative estimate of drug-likeness (QED) is 0.319. The Bertz CT molecular complexity index is 643. The van der Waals surface area contributed by atoms with Crippen molar-refractivity contribution in [3.05, 3.63) is 12.3 Å². The van der Waals surface area contributed by atoms with Gasteiger partial charge in [0, 0.05) is 32.0 Å². The average Bonchev–Trinajstić information content (AvgIpc) is 2.66. The van der Waals surface area contributed by atoms with Gasteiger partial charge in [-0.25, -0.2) is 0 Å². The van der Waals surface area contributed by atoms with E-state index in [1.165, 1.54) is 44.9 Å². The summed E-state index contributed by atoms with van der Waals surface area (Å²) in [5.41, 5.74) is 0.722. The highest BCUT2D eigenvalue weighted by Crippen LogP contribution is 2.46. The second-order valence-electron chi connectivity index (χ2n) is 14.1. The molecule has 2 saturated carbocycles. The third-order valence-corrected chi connectivity index (χ3v) is 9.46. The lowest BCUT2D eigenvalue weighted by Crippen LogP contribution is -2.47. The summed E-state index contributed by atoms with van der Waals surface area (Å²) in [6.07, 6.45) is 13.0. The molecule has 4 nitrogen and oxygen atoms in total. The Morgan fingerprint density at radius 2 is 1.36 bits per heavy atom. The third kappa shape index (κ3) is 13.5. The number of nitrogens with zero attached hydrogens (tertiary/aromatic N) is 1. The highest BCUT2D eigenvalue weighted by Gasteiger charge is 2.34. The first-order chi connectivity index (χ1) is 17.7. The van der Waals surface area contributed by atoms with Gasteiger partial charge in [-0.05, 0) is 68.1 Å². The maximum absolute atomic E-state index is 10.6. The van der Waals surface area contributed by atoms with Crippen molar-refractivity contribution < 1.29 is 14.3 Å². The van der Waals surface area contributed by atoms with Gasteiger partial charge in [0.05, 0.1) is 11.9 Å². The number of β-lactam (4-membered cyclic amide) rings is 1. The highest BCUT2D eigenvalue weighted by atomic mass is 16.5. The Kier molecular flexibility index (Phi) is 17.9. The molecule has 0 aromatic heterocycles. The summed E-state index contributed by atoms with van der Waals surface area (Å²) >= 11 is 0. The lowest BCUT2D eigenvalue weighted by Gasteiger charge is -2.42. The Labute approximate surface area is 245 Å². The Morgan fingerprint density at radius 1 is 0.846 bits per heavy atom. The van der Waals surface area contributed by atoms with E-state index in [1.807, 2.05) is 18.7 Å². The number of carbonyl (C=O) groups is 1.